The first kappa shape index (κ1) is 26.6. The zero-order valence-electron chi connectivity index (χ0n) is 20.1. The zero-order chi connectivity index (χ0) is 26.6. The Bertz CT molecular complexity index is 1360. The molecule has 1 heterocycles. The van der Waals surface area contributed by atoms with Crippen LogP contribution in [-0.4, -0.2) is 28.7 Å². The molecule has 1 N–H and O–H groups in total. The van der Waals surface area contributed by atoms with E-state index in [1.165, 1.54) is 31.4 Å². The van der Waals surface area contributed by atoms with E-state index >= 15 is 0 Å². The van der Waals surface area contributed by atoms with Crippen molar-refractivity contribution >= 4 is 5.97 Å². The number of hydrogen-bond acceptors (Lipinski definition) is 6. The second-order valence-corrected chi connectivity index (χ2v) is 7.93. The minimum atomic E-state index is -4.86. The fraction of sp³-hybridized carbons (Fsp3) is 0.320. The van der Waals surface area contributed by atoms with Gasteiger partial charge in [0.2, 0.25) is 0 Å². The minimum absolute atomic E-state index is 0.0759. The van der Waals surface area contributed by atoms with E-state index in [4.69, 9.17) is 14.2 Å². The van der Waals surface area contributed by atoms with Gasteiger partial charge < -0.3 is 19.2 Å². The van der Waals surface area contributed by atoms with Gasteiger partial charge in [-0.05, 0) is 56.2 Å². The Labute approximate surface area is 204 Å². The molecule has 0 fully saturated rings. The van der Waals surface area contributed by atoms with Crippen LogP contribution in [0.5, 0.6) is 11.5 Å². The number of rotatable bonds is 8. The van der Waals surface area contributed by atoms with Gasteiger partial charge in [0.05, 0.1) is 12.8 Å². The molecule has 0 aliphatic heterocycles. The van der Waals surface area contributed by atoms with Gasteiger partial charge in [-0.1, -0.05) is 19.1 Å². The highest BCUT2D eigenvalue weighted by Gasteiger charge is 2.35. The first-order chi connectivity index (χ1) is 17.0. The first-order valence-corrected chi connectivity index (χ1v) is 11.0. The van der Waals surface area contributed by atoms with Crippen LogP contribution in [0.3, 0.4) is 0 Å². The topological polar surface area (TPSA) is 99.6 Å². The summed E-state index contributed by atoms with van der Waals surface area (Å²) in [5, 5.41) is 0. The van der Waals surface area contributed by atoms with Gasteiger partial charge in [-0.25, -0.2) is 14.2 Å². The van der Waals surface area contributed by atoms with Gasteiger partial charge in [-0.15, -0.1) is 0 Å². The van der Waals surface area contributed by atoms with E-state index in [0.717, 1.165) is 18.9 Å². The molecule has 0 aliphatic carbocycles. The Morgan fingerprint density at radius 2 is 1.78 bits per heavy atom. The number of nitrogens with zero attached hydrogens (tertiary/aromatic N) is 1. The molecule has 0 bridgehead atoms. The average Bonchev–Trinajstić information content (AvgIpc) is 2.84. The second kappa shape index (κ2) is 10.7. The number of alkyl halides is 3. The van der Waals surface area contributed by atoms with Crippen molar-refractivity contribution in [3.63, 3.8) is 0 Å². The summed E-state index contributed by atoms with van der Waals surface area (Å²) in [5.41, 5.74) is -2.53. The molecular formula is C25H25F3N2O6. The number of carbonyl (C=O) groups excluding carboxylic acids is 1. The Morgan fingerprint density at radius 1 is 1.11 bits per heavy atom. The van der Waals surface area contributed by atoms with E-state index in [-0.39, 0.29) is 12.3 Å². The van der Waals surface area contributed by atoms with E-state index in [9.17, 15) is 27.6 Å². The Hall–Kier alpha value is -4.02. The van der Waals surface area contributed by atoms with Crippen molar-refractivity contribution < 1.29 is 32.2 Å². The van der Waals surface area contributed by atoms with Crippen LogP contribution in [0.1, 0.15) is 36.2 Å². The molecule has 3 rings (SSSR count). The molecule has 0 spiro atoms. The number of ether oxygens (including phenoxy) is 3. The van der Waals surface area contributed by atoms with E-state index < -0.39 is 40.8 Å². The van der Waals surface area contributed by atoms with Gasteiger partial charge >= 0.3 is 17.8 Å². The predicted octanol–water partition coefficient (Wildman–Crippen LogP) is 3.93. The molecule has 192 valence electrons. The third-order valence-corrected chi connectivity index (χ3v) is 5.48. The monoisotopic (exact) mass is 506 g/mol. The lowest BCUT2D eigenvalue weighted by Crippen LogP contribution is -2.38. The number of nitrogens with one attached hydrogen (secondary N) is 1. The highest BCUT2D eigenvalue weighted by atomic mass is 19.4. The molecular weight excluding hydrogens is 481 g/mol. The van der Waals surface area contributed by atoms with Crippen LogP contribution in [0.2, 0.25) is 0 Å². The predicted molar refractivity (Wildman–Crippen MR) is 125 cm³/mol. The number of carbonyl (C=O) groups is 1. The van der Waals surface area contributed by atoms with Crippen molar-refractivity contribution in [2.75, 3.05) is 7.11 Å². The molecule has 3 aromatic rings. The lowest BCUT2D eigenvalue weighted by molar-refractivity contribution is -0.148. The number of aromatic amines is 1. The molecule has 2 aromatic carbocycles. The molecule has 0 aliphatic rings. The number of benzene rings is 2. The van der Waals surface area contributed by atoms with E-state index in [2.05, 4.69) is 0 Å². The Balaban J connectivity index is 1.82. The van der Waals surface area contributed by atoms with Crippen molar-refractivity contribution in [2.45, 2.75) is 46.1 Å². The first-order valence-electron chi connectivity index (χ1n) is 11.0. The van der Waals surface area contributed by atoms with Gasteiger partial charge in [-0.2, -0.15) is 13.2 Å². The van der Waals surface area contributed by atoms with Gasteiger partial charge in [0.15, 0.2) is 6.10 Å². The molecule has 0 amide bonds. The SMILES string of the molecule is CCc1ccc(COc2ccc(-n3c(=O)[nH]c(C(F)(F)F)c(C)c3=O)cc2)c(OC(C)C(=O)OC)c1. The smallest absolute Gasteiger partial charge is 0.431 e. The molecule has 0 radical (unpaired) electrons. The van der Waals surface area contributed by atoms with Gasteiger partial charge in [0.25, 0.3) is 5.56 Å². The van der Waals surface area contributed by atoms with Crippen LogP contribution in [-0.2, 0) is 28.7 Å². The van der Waals surface area contributed by atoms with Crippen LogP contribution >= 0.6 is 0 Å². The maximum atomic E-state index is 13.1. The molecule has 1 atom stereocenters. The summed E-state index contributed by atoms with van der Waals surface area (Å²) in [6, 6.07) is 11.3. The highest BCUT2D eigenvalue weighted by molar-refractivity contribution is 5.74. The van der Waals surface area contributed by atoms with Crippen molar-refractivity contribution in [3.05, 3.63) is 85.7 Å². The number of hydrogen-bond donors (Lipinski definition) is 1. The number of halogens is 3. The summed E-state index contributed by atoms with van der Waals surface area (Å²) in [7, 11) is 1.27. The molecule has 1 aromatic heterocycles. The van der Waals surface area contributed by atoms with Crippen LogP contribution in [0, 0.1) is 6.92 Å². The standard InChI is InChI=1S/C25H25F3N2O6/c1-5-16-6-7-17(20(12-16)36-15(3)23(32)34-4)13-35-19-10-8-18(9-11-19)30-22(31)14(2)21(25(26,27)28)29-24(30)33/h6-12,15H,5,13H2,1-4H3,(H,29,33). The zero-order valence-corrected chi connectivity index (χ0v) is 20.1. The number of aromatic nitrogens is 2. The molecule has 0 saturated carbocycles. The third kappa shape index (κ3) is 5.78. The fourth-order valence-electron chi connectivity index (χ4n) is 3.45. The van der Waals surface area contributed by atoms with Gasteiger partial charge in [-0.3, -0.25) is 4.79 Å². The summed E-state index contributed by atoms with van der Waals surface area (Å²) in [5.74, 6) is 0.309. The highest BCUT2D eigenvalue weighted by Crippen LogP contribution is 2.28. The van der Waals surface area contributed by atoms with Crippen molar-refractivity contribution in [1.29, 1.82) is 0 Å². The largest absolute Gasteiger partial charge is 0.489 e. The summed E-state index contributed by atoms with van der Waals surface area (Å²) in [6.07, 6.45) is -4.93. The summed E-state index contributed by atoms with van der Waals surface area (Å²) < 4.78 is 56.0. The van der Waals surface area contributed by atoms with E-state index in [0.29, 0.717) is 21.6 Å². The van der Waals surface area contributed by atoms with Crippen LogP contribution in [0.25, 0.3) is 5.69 Å². The quantitative estimate of drug-likeness (QED) is 0.465. The minimum Gasteiger partial charge on any atom is -0.489 e. The maximum absolute atomic E-state index is 13.1. The Morgan fingerprint density at radius 3 is 2.36 bits per heavy atom. The van der Waals surface area contributed by atoms with E-state index in [1.54, 1.807) is 11.9 Å². The van der Waals surface area contributed by atoms with Crippen LogP contribution in [0.15, 0.2) is 52.1 Å². The second-order valence-electron chi connectivity index (χ2n) is 7.93. The number of methoxy groups -OCH3 is 1. The molecule has 11 heteroatoms. The van der Waals surface area contributed by atoms with Gasteiger partial charge in [0.1, 0.15) is 23.8 Å². The van der Waals surface area contributed by atoms with Crippen molar-refractivity contribution in [2.24, 2.45) is 0 Å². The van der Waals surface area contributed by atoms with Crippen molar-refractivity contribution in [1.82, 2.24) is 9.55 Å². The van der Waals surface area contributed by atoms with Crippen LogP contribution < -0.4 is 20.7 Å². The number of esters is 1. The molecule has 8 nitrogen and oxygen atoms in total. The molecule has 1 unspecified atom stereocenters. The van der Waals surface area contributed by atoms with Crippen LogP contribution in [0.4, 0.5) is 13.2 Å². The summed E-state index contributed by atoms with van der Waals surface area (Å²) in [6.45, 7) is 4.63. The number of aryl methyl sites for hydroxylation is 1. The van der Waals surface area contributed by atoms with E-state index in [1.807, 2.05) is 25.1 Å². The van der Waals surface area contributed by atoms with Crippen molar-refractivity contribution in [3.8, 4) is 17.2 Å². The van der Waals surface area contributed by atoms with Gasteiger partial charge in [0, 0.05) is 11.1 Å². The summed E-state index contributed by atoms with van der Waals surface area (Å²) >= 11 is 0. The fourth-order valence-corrected chi connectivity index (χ4v) is 3.45. The average molecular weight is 506 g/mol. The number of H-pyrrole nitrogens is 1. The molecule has 36 heavy (non-hydrogen) atoms. The lowest BCUT2D eigenvalue weighted by atomic mass is 10.1. The molecule has 0 saturated heterocycles. The third-order valence-electron chi connectivity index (χ3n) is 5.48. The lowest BCUT2D eigenvalue weighted by Gasteiger charge is -2.17. The Kier molecular flexibility index (Phi) is 7.91. The maximum Gasteiger partial charge on any atom is 0.431 e. The normalized spacial score (nSPS) is 12.2. The summed E-state index contributed by atoms with van der Waals surface area (Å²) in [4.78, 5) is 38.2.